The van der Waals surface area contributed by atoms with Crippen molar-refractivity contribution in [3.8, 4) is 0 Å². The number of nitrogens with zero attached hydrogens (tertiary/aromatic N) is 2. The van der Waals surface area contributed by atoms with Crippen molar-refractivity contribution >= 4 is 12.2 Å². The Morgan fingerprint density at radius 2 is 2.22 bits per heavy atom. The number of hydrogen-bond acceptors (Lipinski definition) is 5. The molecule has 23 heavy (non-hydrogen) atoms. The van der Waals surface area contributed by atoms with Gasteiger partial charge < -0.3 is 15.5 Å². The average Bonchev–Trinajstić information content (AvgIpc) is 3.06. The Labute approximate surface area is 137 Å². The fourth-order valence-corrected chi connectivity index (χ4v) is 2.56. The van der Waals surface area contributed by atoms with E-state index in [1.165, 1.54) is 0 Å². The number of aromatic nitrogens is 2. The molecular formula is C16H27N5O2. The van der Waals surface area contributed by atoms with Crippen molar-refractivity contribution in [2.45, 2.75) is 32.2 Å². The van der Waals surface area contributed by atoms with E-state index in [1.807, 2.05) is 13.8 Å². The first-order chi connectivity index (χ1) is 11.0. The third-order valence-electron chi connectivity index (χ3n) is 4.25. The van der Waals surface area contributed by atoms with Crippen LogP contribution in [0.4, 0.5) is 0 Å². The summed E-state index contributed by atoms with van der Waals surface area (Å²) in [5, 5.41) is 12.7. The highest BCUT2D eigenvalue weighted by molar-refractivity contribution is 5.80. The second kappa shape index (κ2) is 8.21. The Kier molecular flexibility index (Phi) is 6.29. The maximum Gasteiger partial charge on any atom is 0.225 e. The molecule has 0 spiro atoms. The van der Waals surface area contributed by atoms with Crippen LogP contribution >= 0.6 is 0 Å². The quantitative estimate of drug-likeness (QED) is 0.697. The minimum atomic E-state index is 0.228. The Balaban J connectivity index is 0.000000174. The molecule has 1 unspecified atom stereocenters. The van der Waals surface area contributed by atoms with Crippen LogP contribution in [-0.2, 0) is 4.79 Å². The summed E-state index contributed by atoms with van der Waals surface area (Å²) in [5.74, 6) is 0.867. The average molecular weight is 321 g/mol. The molecule has 0 saturated carbocycles. The van der Waals surface area contributed by atoms with Crippen LogP contribution in [0.5, 0.6) is 0 Å². The van der Waals surface area contributed by atoms with E-state index in [-0.39, 0.29) is 11.8 Å². The molecule has 3 rings (SSSR count). The first-order valence-corrected chi connectivity index (χ1v) is 8.19. The van der Waals surface area contributed by atoms with Gasteiger partial charge in [-0.2, -0.15) is 5.10 Å². The smallest absolute Gasteiger partial charge is 0.225 e. The van der Waals surface area contributed by atoms with E-state index >= 15 is 0 Å². The highest BCUT2D eigenvalue weighted by atomic mass is 16.2. The van der Waals surface area contributed by atoms with E-state index in [0.29, 0.717) is 17.7 Å². The lowest BCUT2D eigenvalue weighted by atomic mass is 10.0. The topological polar surface area (TPSA) is 90.1 Å². The number of amides is 1. The minimum Gasteiger partial charge on any atom is -0.352 e. The number of nitrogens with one attached hydrogen (secondary N) is 3. The molecule has 7 nitrogen and oxygen atoms in total. The SMILES string of the molecule is CC(C)c1cc(C=O)n[nH]1.CN1CCC(NC(=O)C2CNC2)C1. The van der Waals surface area contributed by atoms with Gasteiger partial charge in [-0.05, 0) is 32.0 Å². The molecule has 0 bridgehead atoms. The van der Waals surface area contributed by atoms with E-state index in [2.05, 4.69) is 32.8 Å². The Morgan fingerprint density at radius 3 is 2.61 bits per heavy atom. The molecule has 2 saturated heterocycles. The summed E-state index contributed by atoms with van der Waals surface area (Å²) in [6.45, 7) is 7.91. The number of hydrogen-bond donors (Lipinski definition) is 3. The fraction of sp³-hybridized carbons (Fsp3) is 0.688. The summed E-state index contributed by atoms with van der Waals surface area (Å²) in [7, 11) is 2.09. The summed E-state index contributed by atoms with van der Waals surface area (Å²) in [4.78, 5) is 23.9. The standard InChI is InChI=1S/C9H17N3O.C7H10N2O/c1-12-3-2-8(6-12)11-9(13)7-4-10-5-7;1-5(2)7-3-6(4-10)8-9-7/h7-8,10H,2-6H2,1H3,(H,11,13);3-5H,1-2H3,(H,8,9). The summed E-state index contributed by atoms with van der Waals surface area (Å²) in [5.41, 5.74) is 1.48. The largest absolute Gasteiger partial charge is 0.352 e. The minimum absolute atomic E-state index is 0.228. The molecule has 0 aromatic carbocycles. The zero-order chi connectivity index (χ0) is 16.8. The first kappa shape index (κ1) is 17.6. The van der Waals surface area contributed by atoms with Crippen molar-refractivity contribution in [1.82, 2.24) is 25.7 Å². The number of aldehydes is 1. The molecule has 7 heteroatoms. The van der Waals surface area contributed by atoms with Crippen molar-refractivity contribution in [3.05, 3.63) is 17.5 Å². The Morgan fingerprint density at radius 1 is 1.48 bits per heavy atom. The molecule has 3 heterocycles. The maximum absolute atomic E-state index is 11.5. The van der Waals surface area contributed by atoms with Gasteiger partial charge in [-0.15, -0.1) is 0 Å². The van der Waals surface area contributed by atoms with E-state index in [0.717, 1.165) is 44.6 Å². The number of H-pyrrole nitrogens is 1. The van der Waals surface area contributed by atoms with Gasteiger partial charge in [0.1, 0.15) is 5.69 Å². The summed E-state index contributed by atoms with van der Waals surface area (Å²) in [6, 6.07) is 2.15. The molecular weight excluding hydrogens is 294 g/mol. The highest BCUT2D eigenvalue weighted by Crippen LogP contribution is 2.10. The molecule has 2 aliphatic heterocycles. The molecule has 1 aromatic rings. The van der Waals surface area contributed by atoms with E-state index < -0.39 is 0 Å². The number of aromatic amines is 1. The van der Waals surface area contributed by atoms with Crippen molar-refractivity contribution in [3.63, 3.8) is 0 Å². The second-order valence-corrected chi connectivity index (χ2v) is 6.63. The fourth-order valence-electron chi connectivity index (χ4n) is 2.56. The van der Waals surface area contributed by atoms with Gasteiger partial charge in [-0.25, -0.2) is 0 Å². The van der Waals surface area contributed by atoms with Crippen LogP contribution in [0.3, 0.4) is 0 Å². The van der Waals surface area contributed by atoms with Crippen LogP contribution in [0.25, 0.3) is 0 Å². The van der Waals surface area contributed by atoms with Gasteiger partial charge in [0, 0.05) is 31.4 Å². The number of likely N-dealkylation sites (tertiary alicyclic amines) is 1. The lowest BCUT2D eigenvalue weighted by Crippen LogP contribution is -2.53. The maximum atomic E-state index is 11.5. The van der Waals surface area contributed by atoms with Crippen LogP contribution in [0.2, 0.25) is 0 Å². The molecule has 1 atom stereocenters. The summed E-state index contributed by atoms with van der Waals surface area (Å²) >= 11 is 0. The van der Waals surface area contributed by atoms with Gasteiger partial charge in [0.05, 0.1) is 5.92 Å². The number of carbonyl (C=O) groups excluding carboxylic acids is 2. The number of carbonyl (C=O) groups is 2. The molecule has 1 amide bonds. The highest BCUT2D eigenvalue weighted by Gasteiger charge is 2.28. The summed E-state index contributed by atoms with van der Waals surface area (Å²) < 4.78 is 0. The Bertz CT molecular complexity index is 524. The lowest BCUT2D eigenvalue weighted by molar-refractivity contribution is -0.127. The zero-order valence-corrected chi connectivity index (χ0v) is 14.1. The normalized spacial score (nSPS) is 21.5. The Hall–Kier alpha value is -1.73. The zero-order valence-electron chi connectivity index (χ0n) is 14.1. The van der Waals surface area contributed by atoms with E-state index in [9.17, 15) is 9.59 Å². The van der Waals surface area contributed by atoms with Crippen molar-refractivity contribution in [2.75, 3.05) is 33.2 Å². The van der Waals surface area contributed by atoms with Crippen LogP contribution < -0.4 is 10.6 Å². The molecule has 3 N–H and O–H groups in total. The molecule has 1 aromatic heterocycles. The van der Waals surface area contributed by atoms with E-state index in [1.54, 1.807) is 6.07 Å². The van der Waals surface area contributed by atoms with Crippen molar-refractivity contribution in [2.24, 2.45) is 5.92 Å². The number of likely N-dealkylation sites (N-methyl/N-ethyl adjacent to an activating group) is 1. The third-order valence-corrected chi connectivity index (χ3v) is 4.25. The van der Waals surface area contributed by atoms with Crippen molar-refractivity contribution < 1.29 is 9.59 Å². The van der Waals surface area contributed by atoms with Gasteiger partial charge in [-0.1, -0.05) is 13.8 Å². The first-order valence-electron chi connectivity index (χ1n) is 8.19. The molecule has 2 fully saturated rings. The van der Waals surface area contributed by atoms with Crippen LogP contribution in [-0.4, -0.2) is 66.6 Å². The third kappa shape index (κ3) is 5.14. The van der Waals surface area contributed by atoms with Crippen molar-refractivity contribution in [1.29, 1.82) is 0 Å². The summed E-state index contributed by atoms with van der Waals surface area (Å²) in [6.07, 6.45) is 1.84. The number of rotatable bonds is 4. The second-order valence-electron chi connectivity index (χ2n) is 6.63. The van der Waals surface area contributed by atoms with Gasteiger partial charge in [0.25, 0.3) is 0 Å². The van der Waals surface area contributed by atoms with Gasteiger partial charge >= 0.3 is 0 Å². The molecule has 0 aliphatic carbocycles. The molecule has 2 aliphatic rings. The van der Waals surface area contributed by atoms with Crippen LogP contribution in [0, 0.1) is 5.92 Å². The van der Waals surface area contributed by atoms with E-state index in [4.69, 9.17) is 0 Å². The van der Waals surface area contributed by atoms with Crippen LogP contribution in [0.15, 0.2) is 6.07 Å². The van der Waals surface area contributed by atoms with Crippen LogP contribution in [0.1, 0.15) is 42.4 Å². The molecule has 0 radical (unpaired) electrons. The lowest BCUT2D eigenvalue weighted by Gasteiger charge is -2.27. The van der Waals surface area contributed by atoms with Gasteiger partial charge in [0.2, 0.25) is 5.91 Å². The van der Waals surface area contributed by atoms with Gasteiger partial charge in [-0.3, -0.25) is 14.7 Å². The predicted octanol–water partition coefficient (Wildman–Crippen LogP) is 0.372. The monoisotopic (exact) mass is 321 g/mol. The predicted molar refractivity (Wildman–Crippen MR) is 88.5 cm³/mol. The molecule has 128 valence electrons. The van der Waals surface area contributed by atoms with Gasteiger partial charge in [0.15, 0.2) is 6.29 Å².